The summed E-state index contributed by atoms with van der Waals surface area (Å²) in [7, 11) is 0. The topological polar surface area (TPSA) is 63.7 Å². The Labute approximate surface area is 105 Å². The Kier molecular flexibility index (Phi) is 3.60. The summed E-state index contributed by atoms with van der Waals surface area (Å²) >= 11 is 0. The second-order valence-electron chi connectivity index (χ2n) is 4.31. The summed E-state index contributed by atoms with van der Waals surface area (Å²) in [4.78, 5) is 35.5. The zero-order chi connectivity index (χ0) is 13.1. The van der Waals surface area contributed by atoms with E-state index in [1.165, 1.54) is 17.1 Å². The minimum atomic E-state index is -0.316. The van der Waals surface area contributed by atoms with Crippen molar-refractivity contribution < 1.29 is 19.1 Å². The molecule has 2 rings (SSSR count). The van der Waals surface area contributed by atoms with E-state index in [0.29, 0.717) is 19.3 Å². The van der Waals surface area contributed by atoms with Crippen molar-refractivity contribution in [1.29, 1.82) is 0 Å². The van der Waals surface area contributed by atoms with E-state index in [1.54, 1.807) is 6.92 Å². The molecule has 2 unspecified atom stereocenters. The van der Waals surface area contributed by atoms with Crippen molar-refractivity contribution in [3.05, 3.63) is 24.3 Å². The van der Waals surface area contributed by atoms with Crippen molar-refractivity contribution >= 4 is 17.8 Å². The summed E-state index contributed by atoms with van der Waals surface area (Å²) in [6.07, 6.45) is 7.37. The molecule has 0 bridgehead atoms. The van der Waals surface area contributed by atoms with Gasteiger partial charge in [-0.15, -0.1) is 0 Å². The summed E-state index contributed by atoms with van der Waals surface area (Å²) in [5.41, 5.74) is 0. The number of esters is 1. The maximum absolute atomic E-state index is 11.5. The average Bonchev–Trinajstić information content (AvgIpc) is 2.69. The van der Waals surface area contributed by atoms with Gasteiger partial charge in [0.25, 0.3) is 11.8 Å². The molecule has 0 aromatic carbocycles. The summed E-state index contributed by atoms with van der Waals surface area (Å²) in [5.74, 6) is -0.875. The third-order valence-corrected chi connectivity index (χ3v) is 3.02. The van der Waals surface area contributed by atoms with Crippen LogP contribution in [0.2, 0.25) is 0 Å². The van der Waals surface area contributed by atoms with E-state index in [0.717, 1.165) is 0 Å². The molecule has 2 atom stereocenters. The molecule has 5 nitrogen and oxygen atoms in total. The number of nitrogens with zero attached hydrogens (tertiary/aromatic N) is 1. The van der Waals surface area contributed by atoms with Crippen LogP contribution in [-0.4, -0.2) is 34.8 Å². The van der Waals surface area contributed by atoms with Gasteiger partial charge >= 0.3 is 5.97 Å². The van der Waals surface area contributed by atoms with E-state index < -0.39 is 0 Å². The molecule has 1 aliphatic heterocycles. The number of carbonyl (C=O) groups is 3. The van der Waals surface area contributed by atoms with Crippen molar-refractivity contribution in [2.75, 3.05) is 0 Å². The first-order chi connectivity index (χ1) is 8.61. The SMILES string of the molecule is CCC(=O)OC1CC=CC(N2C(=O)C=CC2=O)C1. The fourth-order valence-electron chi connectivity index (χ4n) is 2.13. The van der Waals surface area contributed by atoms with E-state index in [4.69, 9.17) is 4.74 Å². The summed E-state index contributed by atoms with van der Waals surface area (Å²) < 4.78 is 5.24. The lowest BCUT2D eigenvalue weighted by Gasteiger charge is -2.30. The lowest BCUT2D eigenvalue weighted by atomic mass is 9.98. The van der Waals surface area contributed by atoms with Crippen LogP contribution in [0.5, 0.6) is 0 Å². The Morgan fingerprint density at radius 3 is 2.67 bits per heavy atom. The van der Waals surface area contributed by atoms with Crippen LogP contribution in [0.3, 0.4) is 0 Å². The highest BCUT2D eigenvalue weighted by molar-refractivity contribution is 6.13. The third-order valence-electron chi connectivity index (χ3n) is 3.02. The Bertz CT molecular complexity index is 420. The van der Waals surface area contributed by atoms with Gasteiger partial charge in [0.05, 0.1) is 6.04 Å². The van der Waals surface area contributed by atoms with Crippen LogP contribution in [0.1, 0.15) is 26.2 Å². The highest BCUT2D eigenvalue weighted by Gasteiger charge is 2.33. The second kappa shape index (κ2) is 5.16. The standard InChI is InChI=1S/C13H15NO4/c1-2-13(17)18-10-5-3-4-9(8-10)14-11(15)6-7-12(14)16/h3-4,6-7,9-10H,2,5,8H2,1H3. The average molecular weight is 249 g/mol. The Morgan fingerprint density at radius 2 is 2.06 bits per heavy atom. The second-order valence-corrected chi connectivity index (χ2v) is 4.31. The highest BCUT2D eigenvalue weighted by atomic mass is 16.5. The molecule has 1 aliphatic carbocycles. The summed E-state index contributed by atoms with van der Waals surface area (Å²) in [5, 5.41) is 0. The van der Waals surface area contributed by atoms with Crippen LogP contribution in [0.15, 0.2) is 24.3 Å². The largest absolute Gasteiger partial charge is 0.462 e. The van der Waals surface area contributed by atoms with Gasteiger partial charge in [0.1, 0.15) is 6.10 Å². The van der Waals surface area contributed by atoms with Crippen molar-refractivity contribution in [2.24, 2.45) is 0 Å². The fourth-order valence-corrected chi connectivity index (χ4v) is 2.13. The monoisotopic (exact) mass is 249 g/mol. The smallest absolute Gasteiger partial charge is 0.305 e. The lowest BCUT2D eigenvalue weighted by Crippen LogP contribution is -2.42. The van der Waals surface area contributed by atoms with Crippen LogP contribution < -0.4 is 0 Å². The molecule has 96 valence electrons. The van der Waals surface area contributed by atoms with Crippen LogP contribution in [-0.2, 0) is 19.1 Å². The van der Waals surface area contributed by atoms with Crippen molar-refractivity contribution in [3.8, 4) is 0 Å². The Morgan fingerprint density at radius 1 is 1.39 bits per heavy atom. The molecule has 0 saturated carbocycles. The highest BCUT2D eigenvalue weighted by Crippen LogP contribution is 2.22. The minimum absolute atomic E-state index is 0.256. The molecular formula is C13H15NO4. The molecule has 5 heteroatoms. The molecule has 0 radical (unpaired) electrons. The number of rotatable bonds is 3. The molecule has 18 heavy (non-hydrogen) atoms. The van der Waals surface area contributed by atoms with Crippen LogP contribution >= 0.6 is 0 Å². The van der Waals surface area contributed by atoms with Crippen molar-refractivity contribution in [1.82, 2.24) is 4.90 Å². The van der Waals surface area contributed by atoms with E-state index in [1.807, 2.05) is 12.2 Å². The van der Waals surface area contributed by atoms with Crippen molar-refractivity contribution in [2.45, 2.75) is 38.3 Å². The van der Waals surface area contributed by atoms with Gasteiger partial charge in [-0.05, 0) is 0 Å². The van der Waals surface area contributed by atoms with Crippen molar-refractivity contribution in [3.63, 3.8) is 0 Å². The molecule has 2 aliphatic rings. The first kappa shape index (κ1) is 12.5. The molecule has 0 saturated heterocycles. The van der Waals surface area contributed by atoms with Gasteiger partial charge in [0.2, 0.25) is 0 Å². The maximum atomic E-state index is 11.5. The maximum Gasteiger partial charge on any atom is 0.305 e. The normalized spacial score (nSPS) is 26.8. The summed E-state index contributed by atoms with van der Waals surface area (Å²) in [6.45, 7) is 1.73. The molecule has 0 fully saturated rings. The predicted molar refractivity (Wildman–Crippen MR) is 63.3 cm³/mol. The molecule has 0 aromatic heterocycles. The first-order valence-electron chi connectivity index (χ1n) is 6.03. The third kappa shape index (κ3) is 2.50. The van der Waals surface area contributed by atoms with Crippen LogP contribution in [0, 0.1) is 0 Å². The lowest BCUT2D eigenvalue weighted by molar-refractivity contribution is -0.150. The fraction of sp³-hybridized carbons (Fsp3) is 0.462. The quantitative estimate of drug-likeness (QED) is 0.424. The number of hydrogen-bond donors (Lipinski definition) is 0. The van der Waals surface area contributed by atoms with Gasteiger partial charge in [-0.1, -0.05) is 19.1 Å². The van der Waals surface area contributed by atoms with Crippen LogP contribution in [0.4, 0.5) is 0 Å². The number of ether oxygens (including phenoxy) is 1. The van der Waals surface area contributed by atoms with Gasteiger partial charge in [-0.2, -0.15) is 0 Å². The van der Waals surface area contributed by atoms with Gasteiger partial charge in [-0.3, -0.25) is 19.3 Å². The zero-order valence-electron chi connectivity index (χ0n) is 10.2. The van der Waals surface area contributed by atoms with Gasteiger partial charge in [0, 0.05) is 31.4 Å². The molecule has 0 N–H and O–H groups in total. The molecular weight excluding hydrogens is 234 g/mol. The minimum Gasteiger partial charge on any atom is -0.462 e. The number of hydrogen-bond acceptors (Lipinski definition) is 4. The van der Waals surface area contributed by atoms with E-state index in [2.05, 4.69) is 0 Å². The van der Waals surface area contributed by atoms with E-state index >= 15 is 0 Å². The van der Waals surface area contributed by atoms with Gasteiger partial charge in [-0.25, -0.2) is 0 Å². The number of amides is 2. The van der Waals surface area contributed by atoms with E-state index in [9.17, 15) is 14.4 Å². The molecule has 0 aromatic rings. The molecule has 1 heterocycles. The zero-order valence-corrected chi connectivity index (χ0v) is 10.2. The predicted octanol–water partition coefficient (Wildman–Crippen LogP) is 0.952. The number of carbonyl (C=O) groups excluding carboxylic acids is 3. The van der Waals surface area contributed by atoms with Gasteiger partial charge in [0.15, 0.2) is 0 Å². The first-order valence-corrected chi connectivity index (χ1v) is 6.03. The van der Waals surface area contributed by atoms with Gasteiger partial charge < -0.3 is 4.74 Å². The van der Waals surface area contributed by atoms with Crippen LogP contribution in [0.25, 0.3) is 0 Å². The Balaban J connectivity index is 2.01. The molecule has 2 amide bonds. The number of imide groups is 1. The summed E-state index contributed by atoms with van der Waals surface area (Å²) in [6, 6.07) is -0.316. The Hall–Kier alpha value is -1.91. The molecule has 0 spiro atoms. The van der Waals surface area contributed by atoms with E-state index in [-0.39, 0.29) is 29.9 Å².